The molecule has 5 heteroatoms. The number of benzene rings is 2. The monoisotopic (exact) mass is 390 g/mol. The van der Waals surface area contributed by atoms with E-state index in [1.807, 2.05) is 24.3 Å². The van der Waals surface area contributed by atoms with Crippen molar-refractivity contribution in [3.63, 3.8) is 0 Å². The molecule has 2 aliphatic rings. The molecule has 0 unspecified atom stereocenters. The molecule has 1 heterocycles. The quantitative estimate of drug-likeness (QED) is 0.632. The fraction of sp³-hybridized carbons (Fsp3) is 0.350. The molecule has 1 aliphatic carbocycles. The Balaban J connectivity index is 1.79. The zero-order valence-corrected chi connectivity index (χ0v) is 16.1. The summed E-state index contributed by atoms with van der Waals surface area (Å²) in [5, 5.41) is 9.32. The second-order valence-electron chi connectivity index (χ2n) is 7.03. The summed E-state index contributed by atoms with van der Waals surface area (Å²) in [5.74, 6) is 0. The first-order valence-corrected chi connectivity index (χ1v) is 9.83. The minimum atomic E-state index is 0.0873. The SMILES string of the molecule is S=C1N[C@H](c2ccc(Cl)cc2)C2(CCCC2)[C@H](c2ccc(Cl)cc2)N1. The topological polar surface area (TPSA) is 24.1 Å². The third-order valence-electron chi connectivity index (χ3n) is 5.64. The van der Waals surface area contributed by atoms with Gasteiger partial charge >= 0.3 is 0 Å². The molecule has 2 atom stereocenters. The summed E-state index contributed by atoms with van der Waals surface area (Å²) in [4.78, 5) is 0. The van der Waals surface area contributed by atoms with Crippen molar-refractivity contribution in [3.8, 4) is 0 Å². The van der Waals surface area contributed by atoms with Crippen LogP contribution >= 0.6 is 35.4 Å². The summed E-state index contributed by atoms with van der Waals surface area (Å²) in [6, 6.07) is 16.7. The average Bonchev–Trinajstić information content (AvgIpc) is 3.09. The van der Waals surface area contributed by atoms with Crippen LogP contribution in [0.15, 0.2) is 48.5 Å². The zero-order chi connectivity index (χ0) is 17.4. The lowest BCUT2D eigenvalue weighted by Gasteiger charge is -2.49. The van der Waals surface area contributed by atoms with Gasteiger partial charge in [-0.25, -0.2) is 0 Å². The Bertz CT molecular complexity index is 708. The molecule has 2 aromatic carbocycles. The van der Waals surface area contributed by atoms with Crippen LogP contribution in [0.3, 0.4) is 0 Å². The Morgan fingerprint density at radius 2 is 1.16 bits per heavy atom. The van der Waals surface area contributed by atoms with Gasteiger partial charge in [-0.3, -0.25) is 0 Å². The molecule has 1 spiro atoms. The van der Waals surface area contributed by atoms with Crippen LogP contribution in [-0.2, 0) is 0 Å². The standard InChI is InChI=1S/C20H20Cl2N2S/c21-15-7-3-13(4-8-15)17-20(11-1-2-12-20)18(24-19(25)23-17)14-5-9-16(22)10-6-14/h3-10,17-18H,1-2,11-12H2,(H2,23,24,25)/t17-,18+. The Labute approximate surface area is 163 Å². The van der Waals surface area contributed by atoms with Crippen LogP contribution in [0.2, 0.25) is 10.0 Å². The Morgan fingerprint density at radius 3 is 1.56 bits per heavy atom. The first-order chi connectivity index (χ1) is 12.1. The van der Waals surface area contributed by atoms with Gasteiger partial charge < -0.3 is 10.6 Å². The maximum Gasteiger partial charge on any atom is 0.167 e. The highest BCUT2D eigenvalue weighted by atomic mass is 35.5. The van der Waals surface area contributed by atoms with Gasteiger partial charge in [-0.2, -0.15) is 0 Å². The van der Waals surface area contributed by atoms with Crippen molar-refractivity contribution in [2.75, 3.05) is 0 Å². The number of hydrogen-bond acceptors (Lipinski definition) is 1. The Morgan fingerprint density at radius 1 is 0.760 bits per heavy atom. The van der Waals surface area contributed by atoms with Crippen LogP contribution < -0.4 is 10.6 Å². The number of nitrogens with one attached hydrogen (secondary N) is 2. The van der Waals surface area contributed by atoms with Gasteiger partial charge in [0.15, 0.2) is 5.11 Å². The van der Waals surface area contributed by atoms with E-state index in [4.69, 9.17) is 35.4 Å². The van der Waals surface area contributed by atoms with E-state index >= 15 is 0 Å². The van der Waals surface area contributed by atoms with Crippen LogP contribution in [0.4, 0.5) is 0 Å². The van der Waals surface area contributed by atoms with E-state index < -0.39 is 0 Å². The molecule has 0 aromatic heterocycles. The van der Waals surface area contributed by atoms with Gasteiger partial charge in [0, 0.05) is 15.5 Å². The predicted molar refractivity (Wildman–Crippen MR) is 108 cm³/mol. The van der Waals surface area contributed by atoms with Crippen LogP contribution in [0, 0.1) is 5.41 Å². The number of rotatable bonds is 2. The molecule has 0 bridgehead atoms. The molecule has 2 N–H and O–H groups in total. The highest BCUT2D eigenvalue weighted by molar-refractivity contribution is 7.80. The zero-order valence-electron chi connectivity index (χ0n) is 13.8. The third-order valence-corrected chi connectivity index (χ3v) is 6.38. The van der Waals surface area contributed by atoms with Crippen molar-refractivity contribution < 1.29 is 0 Å². The molecule has 1 aliphatic heterocycles. The molecule has 2 fully saturated rings. The molecule has 2 nitrogen and oxygen atoms in total. The van der Waals surface area contributed by atoms with E-state index in [9.17, 15) is 0 Å². The number of halogens is 2. The number of hydrogen-bond donors (Lipinski definition) is 2. The van der Waals surface area contributed by atoms with Gasteiger partial charge in [0.25, 0.3) is 0 Å². The minimum Gasteiger partial charge on any atom is -0.355 e. The van der Waals surface area contributed by atoms with Crippen LogP contribution in [-0.4, -0.2) is 5.11 Å². The van der Waals surface area contributed by atoms with Gasteiger partial charge in [0.1, 0.15) is 0 Å². The van der Waals surface area contributed by atoms with Gasteiger partial charge in [0.05, 0.1) is 12.1 Å². The molecular weight excluding hydrogens is 371 g/mol. The average molecular weight is 391 g/mol. The third kappa shape index (κ3) is 3.14. The summed E-state index contributed by atoms with van der Waals surface area (Å²) >= 11 is 17.8. The molecular formula is C20H20Cl2N2S. The van der Waals surface area contributed by atoms with Crippen molar-refractivity contribution in [1.29, 1.82) is 0 Å². The maximum atomic E-state index is 6.10. The van der Waals surface area contributed by atoms with Crippen molar-refractivity contribution >= 4 is 40.5 Å². The fourth-order valence-electron chi connectivity index (χ4n) is 4.51. The van der Waals surface area contributed by atoms with E-state index in [1.165, 1.54) is 24.0 Å². The number of thiocarbonyl (C=S) groups is 1. The molecule has 25 heavy (non-hydrogen) atoms. The van der Waals surface area contributed by atoms with Crippen LogP contribution in [0.1, 0.15) is 48.9 Å². The van der Waals surface area contributed by atoms with Gasteiger partial charge in [-0.15, -0.1) is 0 Å². The largest absolute Gasteiger partial charge is 0.355 e. The lowest BCUT2D eigenvalue weighted by molar-refractivity contribution is 0.133. The predicted octanol–water partition coefficient (Wildman–Crippen LogP) is 5.81. The summed E-state index contributed by atoms with van der Waals surface area (Å²) < 4.78 is 0. The molecule has 1 saturated heterocycles. The van der Waals surface area contributed by atoms with Crippen molar-refractivity contribution in [2.24, 2.45) is 5.41 Å². The van der Waals surface area contributed by atoms with Crippen molar-refractivity contribution in [2.45, 2.75) is 37.8 Å². The smallest absolute Gasteiger partial charge is 0.167 e. The molecule has 4 rings (SSSR count). The molecule has 1 saturated carbocycles. The van der Waals surface area contributed by atoms with Crippen LogP contribution in [0.5, 0.6) is 0 Å². The van der Waals surface area contributed by atoms with E-state index in [0.717, 1.165) is 22.9 Å². The van der Waals surface area contributed by atoms with Crippen LogP contribution in [0.25, 0.3) is 0 Å². The Kier molecular flexibility index (Phi) is 4.65. The first-order valence-electron chi connectivity index (χ1n) is 8.66. The minimum absolute atomic E-state index is 0.0873. The first kappa shape index (κ1) is 17.1. The van der Waals surface area contributed by atoms with Gasteiger partial charge in [0.2, 0.25) is 0 Å². The lowest BCUT2D eigenvalue weighted by Crippen LogP contribution is -2.57. The maximum absolute atomic E-state index is 6.10. The lowest BCUT2D eigenvalue weighted by atomic mass is 9.67. The van der Waals surface area contributed by atoms with Gasteiger partial charge in [-0.1, -0.05) is 60.3 Å². The van der Waals surface area contributed by atoms with Crippen molar-refractivity contribution in [1.82, 2.24) is 10.6 Å². The van der Waals surface area contributed by atoms with E-state index in [-0.39, 0.29) is 17.5 Å². The summed E-state index contributed by atoms with van der Waals surface area (Å²) in [6.07, 6.45) is 4.81. The Hall–Kier alpha value is -1.29. The second-order valence-corrected chi connectivity index (χ2v) is 8.31. The molecule has 130 valence electrons. The van der Waals surface area contributed by atoms with E-state index in [2.05, 4.69) is 34.9 Å². The van der Waals surface area contributed by atoms with Crippen molar-refractivity contribution in [3.05, 3.63) is 69.7 Å². The van der Waals surface area contributed by atoms with E-state index in [0.29, 0.717) is 5.11 Å². The normalized spacial score (nSPS) is 24.8. The fourth-order valence-corrected chi connectivity index (χ4v) is 5.00. The summed E-state index contributed by atoms with van der Waals surface area (Å²) in [7, 11) is 0. The summed E-state index contributed by atoms with van der Waals surface area (Å²) in [6.45, 7) is 0. The molecule has 2 aromatic rings. The van der Waals surface area contributed by atoms with E-state index in [1.54, 1.807) is 0 Å². The van der Waals surface area contributed by atoms with Gasteiger partial charge in [-0.05, 0) is 60.5 Å². The summed E-state index contributed by atoms with van der Waals surface area (Å²) in [5.41, 5.74) is 2.58. The molecule has 0 amide bonds. The second kappa shape index (κ2) is 6.79. The highest BCUT2D eigenvalue weighted by Crippen LogP contribution is 2.56. The highest BCUT2D eigenvalue weighted by Gasteiger charge is 2.51. The molecule has 0 radical (unpaired) electrons.